The van der Waals surface area contributed by atoms with E-state index < -0.39 is 5.97 Å². The number of esters is 1. The normalized spacial score (nSPS) is 11.1. The zero-order chi connectivity index (χ0) is 25.7. The van der Waals surface area contributed by atoms with Gasteiger partial charge in [-0.1, -0.05) is 36.4 Å². The average molecular weight is 484 g/mol. The first kappa shape index (κ1) is 24.8. The number of methoxy groups -OCH3 is 2. The first-order chi connectivity index (χ1) is 17.4. The van der Waals surface area contributed by atoms with Gasteiger partial charge in [0.15, 0.2) is 17.3 Å². The van der Waals surface area contributed by atoms with Gasteiger partial charge in [0, 0.05) is 34.8 Å². The van der Waals surface area contributed by atoms with Crippen molar-refractivity contribution in [2.75, 3.05) is 14.2 Å². The molecule has 1 heterocycles. The fourth-order valence-corrected chi connectivity index (χ4v) is 4.41. The molecule has 3 aromatic carbocycles. The Hall–Kier alpha value is -4.32. The molecule has 0 amide bonds. The van der Waals surface area contributed by atoms with Crippen LogP contribution in [-0.4, -0.2) is 30.5 Å². The summed E-state index contributed by atoms with van der Waals surface area (Å²) in [6, 6.07) is 20.8. The SMILES string of the molecule is COc1ccc(CCn2c(C)c(C(C)=O)c3cc(OC(=O)/C=C\c4ccccc4)ccc32)cc1OC. The van der Waals surface area contributed by atoms with E-state index in [0.717, 1.165) is 34.1 Å². The Morgan fingerprint density at radius 3 is 2.36 bits per heavy atom. The number of Topliss-reactive ketones (excluding diaryl/α,β-unsaturated/α-hetero) is 1. The number of fused-ring (bicyclic) bond motifs is 1. The number of hydrogen-bond acceptors (Lipinski definition) is 5. The lowest BCUT2D eigenvalue weighted by molar-refractivity contribution is -0.128. The topological polar surface area (TPSA) is 66.8 Å². The Morgan fingerprint density at radius 2 is 1.67 bits per heavy atom. The van der Waals surface area contributed by atoms with Gasteiger partial charge >= 0.3 is 5.97 Å². The third kappa shape index (κ3) is 5.33. The quantitative estimate of drug-likeness (QED) is 0.126. The van der Waals surface area contributed by atoms with Crippen LogP contribution in [0.5, 0.6) is 17.2 Å². The third-order valence-electron chi connectivity index (χ3n) is 6.15. The number of nitrogens with zero attached hydrogens (tertiary/aromatic N) is 1. The molecule has 0 bridgehead atoms. The van der Waals surface area contributed by atoms with Crippen LogP contribution in [0.2, 0.25) is 0 Å². The number of ketones is 1. The molecular weight excluding hydrogens is 454 g/mol. The van der Waals surface area contributed by atoms with Crippen LogP contribution in [0.15, 0.2) is 72.8 Å². The van der Waals surface area contributed by atoms with Crippen LogP contribution < -0.4 is 14.2 Å². The molecule has 36 heavy (non-hydrogen) atoms. The molecule has 0 unspecified atom stereocenters. The summed E-state index contributed by atoms with van der Waals surface area (Å²) < 4.78 is 18.4. The van der Waals surface area contributed by atoms with Gasteiger partial charge in [0.25, 0.3) is 0 Å². The Bertz CT molecular complexity index is 1430. The number of carbonyl (C=O) groups is 2. The first-order valence-corrected chi connectivity index (χ1v) is 11.7. The van der Waals surface area contributed by atoms with Gasteiger partial charge in [-0.25, -0.2) is 4.79 Å². The molecule has 0 radical (unpaired) electrons. The summed E-state index contributed by atoms with van der Waals surface area (Å²) >= 11 is 0. The van der Waals surface area contributed by atoms with Crippen LogP contribution in [0.25, 0.3) is 17.0 Å². The minimum absolute atomic E-state index is 0.0326. The lowest BCUT2D eigenvalue weighted by Gasteiger charge is -2.12. The van der Waals surface area contributed by atoms with Crippen LogP contribution in [-0.2, 0) is 17.8 Å². The molecule has 0 saturated carbocycles. The average Bonchev–Trinajstić information content (AvgIpc) is 3.17. The maximum Gasteiger partial charge on any atom is 0.336 e. The maximum absolute atomic E-state index is 12.6. The van der Waals surface area contributed by atoms with Crippen molar-refractivity contribution in [1.29, 1.82) is 0 Å². The van der Waals surface area contributed by atoms with Gasteiger partial charge in [-0.3, -0.25) is 4.79 Å². The third-order valence-corrected chi connectivity index (χ3v) is 6.15. The van der Waals surface area contributed by atoms with E-state index in [1.165, 1.54) is 6.08 Å². The predicted octanol–water partition coefficient (Wildman–Crippen LogP) is 6.03. The van der Waals surface area contributed by atoms with Crippen molar-refractivity contribution in [2.24, 2.45) is 0 Å². The first-order valence-electron chi connectivity index (χ1n) is 11.7. The monoisotopic (exact) mass is 483 g/mol. The Kier molecular flexibility index (Phi) is 7.54. The highest BCUT2D eigenvalue weighted by Crippen LogP contribution is 2.31. The minimum Gasteiger partial charge on any atom is -0.493 e. The summed E-state index contributed by atoms with van der Waals surface area (Å²) in [6.45, 7) is 4.17. The largest absolute Gasteiger partial charge is 0.493 e. The molecule has 0 spiro atoms. The van der Waals surface area contributed by atoms with Crippen molar-refractivity contribution in [3.63, 3.8) is 0 Å². The van der Waals surface area contributed by atoms with E-state index >= 15 is 0 Å². The summed E-state index contributed by atoms with van der Waals surface area (Å²) in [6.07, 6.45) is 3.84. The highest BCUT2D eigenvalue weighted by molar-refractivity contribution is 6.09. The molecule has 0 atom stereocenters. The highest BCUT2D eigenvalue weighted by Gasteiger charge is 2.18. The van der Waals surface area contributed by atoms with Gasteiger partial charge in [0.2, 0.25) is 0 Å². The summed E-state index contributed by atoms with van der Waals surface area (Å²) in [5, 5.41) is 0.768. The van der Waals surface area contributed by atoms with Crippen molar-refractivity contribution < 1.29 is 23.8 Å². The van der Waals surface area contributed by atoms with Crippen LogP contribution in [0.4, 0.5) is 0 Å². The zero-order valence-corrected chi connectivity index (χ0v) is 20.9. The van der Waals surface area contributed by atoms with Gasteiger partial charge in [-0.2, -0.15) is 0 Å². The van der Waals surface area contributed by atoms with E-state index in [0.29, 0.717) is 29.4 Å². The van der Waals surface area contributed by atoms with Crippen LogP contribution in [0, 0.1) is 6.92 Å². The molecule has 0 aliphatic carbocycles. The maximum atomic E-state index is 12.6. The summed E-state index contributed by atoms with van der Waals surface area (Å²) in [5.41, 5.74) is 4.43. The molecule has 184 valence electrons. The molecule has 0 fully saturated rings. The predicted molar refractivity (Wildman–Crippen MR) is 141 cm³/mol. The minimum atomic E-state index is -0.479. The molecule has 6 nitrogen and oxygen atoms in total. The molecule has 0 aliphatic heterocycles. The molecule has 0 aliphatic rings. The fourth-order valence-electron chi connectivity index (χ4n) is 4.41. The smallest absolute Gasteiger partial charge is 0.336 e. The van der Waals surface area contributed by atoms with Crippen molar-refractivity contribution in [2.45, 2.75) is 26.8 Å². The Morgan fingerprint density at radius 1 is 0.917 bits per heavy atom. The number of carbonyl (C=O) groups excluding carboxylic acids is 2. The van der Waals surface area contributed by atoms with E-state index in [1.54, 1.807) is 39.4 Å². The lowest BCUT2D eigenvalue weighted by Crippen LogP contribution is -2.05. The van der Waals surface area contributed by atoms with E-state index in [9.17, 15) is 9.59 Å². The number of aromatic nitrogens is 1. The molecule has 0 saturated heterocycles. The summed E-state index contributed by atoms with van der Waals surface area (Å²) in [4.78, 5) is 24.9. The molecular formula is C30H29NO5. The van der Waals surface area contributed by atoms with Gasteiger partial charge in [-0.05, 0) is 67.8 Å². The number of hydrogen-bond donors (Lipinski definition) is 0. The van der Waals surface area contributed by atoms with E-state index in [-0.39, 0.29) is 5.78 Å². The van der Waals surface area contributed by atoms with Crippen molar-refractivity contribution >= 4 is 28.7 Å². The second kappa shape index (κ2) is 11.0. The van der Waals surface area contributed by atoms with Crippen molar-refractivity contribution in [1.82, 2.24) is 4.57 Å². The van der Waals surface area contributed by atoms with Crippen LogP contribution >= 0.6 is 0 Å². The van der Waals surface area contributed by atoms with Crippen LogP contribution in [0.3, 0.4) is 0 Å². The summed E-state index contributed by atoms with van der Waals surface area (Å²) in [5.74, 6) is 1.25. The van der Waals surface area contributed by atoms with Gasteiger partial charge < -0.3 is 18.8 Å². The molecule has 6 heteroatoms. The van der Waals surface area contributed by atoms with E-state index in [2.05, 4.69) is 4.57 Å². The van der Waals surface area contributed by atoms with Crippen LogP contribution in [0.1, 0.15) is 34.1 Å². The van der Waals surface area contributed by atoms with Crippen molar-refractivity contribution in [3.05, 3.63) is 95.2 Å². The molecule has 1 aromatic heterocycles. The lowest BCUT2D eigenvalue weighted by atomic mass is 10.1. The second-order valence-electron chi connectivity index (χ2n) is 8.45. The van der Waals surface area contributed by atoms with E-state index in [4.69, 9.17) is 14.2 Å². The standard InChI is InChI=1S/C30H29NO5/c1-20-30(21(2)32)25-19-24(36-29(33)15-11-22-8-6-5-7-9-22)12-13-26(25)31(20)17-16-23-10-14-27(34-3)28(18-23)35-4/h5-15,18-19H,16-17H2,1-4H3/b15-11-. The van der Waals surface area contributed by atoms with Gasteiger partial charge in [0.1, 0.15) is 5.75 Å². The highest BCUT2D eigenvalue weighted by atomic mass is 16.5. The number of rotatable bonds is 9. The van der Waals surface area contributed by atoms with E-state index in [1.807, 2.05) is 61.5 Å². The number of ether oxygens (including phenoxy) is 3. The van der Waals surface area contributed by atoms with Crippen molar-refractivity contribution in [3.8, 4) is 17.2 Å². The Balaban J connectivity index is 1.59. The second-order valence-corrected chi connectivity index (χ2v) is 8.45. The summed E-state index contributed by atoms with van der Waals surface area (Å²) in [7, 11) is 3.23. The van der Waals surface area contributed by atoms with Gasteiger partial charge in [0.05, 0.1) is 14.2 Å². The molecule has 4 aromatic rings. The Labute approximate surface area is 210 Å². The molecule has 4 rings (SSSR count). The number of aryl methyl sites for hydroxylation is 2. The zero-order valence-electron chi connectivity index (χ0n) is 20.9. The molecule has 0 N–H and O–H groups in total. The number of benzene rings is 3. The fraction of sp³-hybridized carbons (Fsp3) is 0.200. The van der Waals surface area contributed by atoms with Gasteiger partial charge in [-0.15, -0.1) is 0 Å².